The predicted molar refractivity (Wildman–Crippen MR) is 164 cm³/mol. The molecule has 1 unspecified atom stereocenters. The molecule has 0 saturated heterocycles. The summed E-state index contributed by atoms with van der Waals surface area (Å²) in [6.45, 7) is 11.4. The Morgan fingerprint density at radius 2 is 1.52 bits per heavy atom. The third-order valence-electron chi connectivity index (χ3n) is 6.85. The van der Waals surface area contributed by atoms with E-state index in [-0.39, 0.29) is 23.3 Å². The molecule has 3 aromatic rings. The number of sulfonamides is 1. The number of hydrogen-bond acceptors (Lipinski definition) is 4. The van der Waals surface area contributed by atoms with E-state index in [0.717, 1.165) is 31.0 Å². The third-order valence-corrected chi connectivity index (χ3v) is 9.15. The lowest BCUT2D eigenvalue weighted by Gasteiger charge is -2.32. The molecule has 0 aliphatic heterocycles. The van der Waals surface area contributed by atoms with Gasteiger partial charge in [-0.05, 0) is 80.6 Å². The van der Waals surface area contributed by atoms with E-state index in [0.29, 0.717) is 12.2 Å². The number of halogens is 1. The lowest BCUT2D eigenvalue weighted by Crippen LogP contribution is -2.51. The molecule has 0 aliphatic rings. The Labute approximate surface area is 246 Å². The summed E-state index contributed by atoms with van der Waals surface area (Å²) in [5.74, 6) is -0.531. The molecule has 7 nitrogen and oxygen atoms in total. The van der Waals surface area contributed by atoms with Crippen molar-refractivity contribution in [3.05, 3.63) is 93.5 Å². The van der Waals surface area contributed by atoms with Crippen LogP contribution in [0.4, 0.5) is 5.69 Å². The van der Waals surface area contributed by atoms with Crippen LogP contribution in [0.25, 0.3) is 0 Å². The number of benzene rings is 3. The minimum Gasteiger partial charge on any atom is -0.354 e. The van der Waals surface area contributed by atoms with Gasteiger partial charge in [-0.1, -0.05) is 71.7 Å². The highest BCUT2D eigenvalue weighted by Gasteiger charge is 2.33. The summed E-state index contributed by atoms with van der Waals surface area (Å²) in [5, 5.41) is 2.90. The first-order valence-corrected chi connectivity index (χ1v) is 15.5. The molecule has 40 heavy (non-hydrogen) atoms. The Kier molecular flexibility index (Phi) is 10.6. The fraction of sp³-hybridized carbons (Fsp3) is 0.355. The first-order valence-electron chi connectivity index (χ1n) is 13.3. The van der Waals surface area contributed by atoms with Crippen molar-refractivity contribution < 1.29 is 18.0 Å². The lowest BCUT2D eigenvalue weighted by atomic mass is 10.1. The van der Waals surface area contributed by atoms with Gasteiger partial charge in [-0.2, -0.15) is 0 Å². The summed E-state index contributed by atoms with van der Waals surface area (Å²) in [7, 11) is -4.11. The van der Waals surface area contributed by atoms with Crippen LogP contribution in [0, 0.1) is 26.7 Å². The van der Waals surface area contributed by atoms with Crippen molar-refractivity contribution in [1.82, 2.24) is 10.2 Å². The number of carbonyl (C=O) groups excluding carboxylic acids is 2. The molecule has 0 heterocycles. The first kappa shape index (κ1) is 31.4. The van der Waals surface area contributed by atoms with Gasteiger partial charge in [0.2, 0.25) is 11.8 Å². The van der Waals surface area contributed by atoms with Crippen LogP contribution in [0.3, 0.4) is 0 Å². The van der Waals surface area contributed by atoms with Gasteiger partial charge in [0.15, 0.2) is 0 Å². The second-order valence-electron chi connectivity index (χ2n) is 10.5. The highest BCUT2D eigenvalue weighted by molar-refractivity contribution is 9.10. The Bertz CT molecular complexity index is 1440. The van der Waals surface area contributed by atoms with Crippen molar-refractivity contribution >= 4 is 43.5 Å². The van der Waals surface area contributed by atoms with E-state index in [4.69, 9.17) is 0 Å². The minimum absolute atomic E-state index is 0.0917. The van der Waals surface area contributed by atoms with E-state index in [1.54, 1.807) is 43.3 Å². The fourth-order valence-corrected chi connectivity index (χ4v) is 5.91. The van der Waals surface area contributed by atoms with Gasteiger partial charge in [-0.15, -0.1) is 0 Å². The summed E-state index contributed by atoms with van der Waals surface area (Å²) in [6.07, 6.45) is 0. The number of nitrogens with one attached hydrogen (secondary N) is 1. The van der Waals surface area contributed by atoms with Gasteiger partial charge in [0.05, 0.1) is 10.6 Å². The Morgan fingerprint density at radius 3 is 2.12 bits per heavy atom. The molecule has 1 atom stereocenters. The normalized spacial score (nSPS) is 12.2. The average Bonchev–Trinajstić information content (AvgIpc) is 2.91. The zero-order valence-corrected chi connectivity index (χ0v) is 26.3. The Hall–Kier alpha value is -3.17. The van der Waals surface area contributed by atoms with Crippen LogP contribution in [-0.4, -0.2) is 44.3 Å². The average molecular weight is 629 g/mol. The summed E-state index contributed by atoms with van der Waals surface area (Å²) in [6, 6.07) is 18.6. The highest BCUT2D eigenvalue weighted by atomic mass is 79.9. The molecule has 0 spiro atoms. The van der Waals surface area contributed by atoms with Crippen molar-refractivity contribution in [2.45, 2.75) is 59.0 Å². The van der Waals surface area contributed by atoms with Crippen LogP contribution < -0.4 is 9.62 Å². The SMILES string of the molecule is Cc1ccc(S(=O)(=O)N(CC(=O)N(Cc2ccc(Br)cc2)C(C)C(=O)NCC(C)C)c2cccc(C)c2C)cc1. The fourth-order valence-electron chi connectivity index (χ4n) is 4.18. The van der Waals surface area contributed by atoms with Crippen LogP contribution in [0.15, 0.2) is 76.1 Å². The van der Waals surface area contributed by atoms with Gasteiger partial charge in [-0.25, -0.2) is 8.42 Å². The van der Waals surface area contributed by atoms with Crippen molar-refractivity contribution in [2.24, 2.45) is 5.92 Å². The van der Waals surface area contributed by atoms with Crippen molar-refractivity contribution in [1.29, 1.82) is 0 Å². The zero-order chi connectivity index (χ0) is 29.6. The van der Waals surface area contributed by atoms with Crippen LogP contribution >= 0.6 is 15.9 Å². The van der Waals surface area contributed by atoms with Gasteiger partial charge in [-0.3, -0.25) is 13.9 Å². The monoisotopic (exact) mass is 627 g/mol. The molecule has 0 radical (unpaired) electrons. The molecule has 214 valence electrons. The number of amides is 2. The zero-order valence-electron chi connectivity index (χ0n) is 23.9. The van der Waals surface area contributed by atoms with Crippen LogP contribution in [0.1, 0.15) is 43.0 Å². The van der Waals surface area contributed by atoms with Crippen molar-refractivity contribution in [3.8, 4) is 0 Å². The number of nitrogens with zero attached hydrogens (tertiary/aromatic N) is 2. The molecule has 1 N–H and O–H groups in total. The number of carbonyl (C=O) groups is 2. The van der Waals surface area contributed by atoms with E-state index in [1.807, 2.05) is 65.0 Å². The van der Waals surface area contributed by atoms with Gasteiger partial charge in [0.25, 0.3) is 10.0 Å². The van der Waals surface area contributed by atoms with Crippen molar-refractivity contribution in [2.75, 3.05) is 17.4 Å². The Balaban J connectivity index is 2.05. The molecular weight excluding hydrogens is 590 g/mol. The predicted octanol–water partition coefficient (Wildman–Crippen LogP) is 5.76. The minimum atomic E-state index is -4.11. The number of aryl methyl sites for hydroxylation is 2. The molecular formula is C31H38BrN3O4S. The maximum atomic E-state index is 14.0. The van der Waals surface area contributed by atoms with Crippen LogP contribution in [0.5, 0.6) is 0 Å². The largest absolute Gasteiger partial charge is 0.354 e. The number of rotatable bonds is 11. The second kappa shape index (κ2) is 13.5. The van der Waals surface area contributed by atoms with E-state index in [1.165, 1.54) is 4.90 Å². The van der Waals surface area contributed by atoms with Crippen LogP contribution in [0.2, 0.25) is 0 Å². The second-order valence-corrected chi connectivity index (χ2v) is 13.3. The topological polar surface area (TPSA) is 86.8 Å². The molecule has 0 aliphatic carbocycles. The lowest BCUT2D eigenvalue weighted by molar-refractivity contribution is -0.139. The summed E-state index contributed by atoms with van der Waals surface area (Å²) in [5.41, 5.74) is 3.83. The smallest absolute Gasteiger partial charge is 0.264 e. The van der Waals surface area contributed by atoms with Crippen molar-refractivity contribution in [3.63, 3.8) is 0 Å². The summed E-state index contributed by atoms with van der Waals surface area (Å²) in [4.78, 5) is 28.7. The summed E-state index contributed by atoms with van der Waals surface area (Å²) >= 11 is 3.43. The van der Waals surface area contributed by atoms with Gasteiger partial charge in [0, 0.05) is 17.6 Å². The van der Waals surface area contributed by atoms with E-state index < -0.39 is 28.5 Å². The summed E-state index contributed by atoms with van der Waals surface area (Å²) < 4.78 is 30.1. The molecule has 0 saturated carbocycles. The van der Waals surface area contributed by atoms with E-state index >= 15 is 0 Å². The standard InChI is InChI=1S/C31H38BrN3O4S/c1-21(2)18-33-31(37)25(6)34(19-26-12-14-27(32)15-13-26)30(36)20-35(29-9-7-8-23(4)24(29)5)40(38,39)28-16-10-22(3)11-17-28/h7-17,21,25H,18-20H2,1-6H3,(H,33,37). The van der Waals surface area contributed by atoms with Gasteiger partial charge >= 0.3 is 0 Å². The molecule has 3 aromatic carbocycles. The molecule has 3 rings (SSSR count). The van der Waals surface area contributed by atoms with Crippen LogP contribution in [-0.2, 0) is 26.2 Å². The number of anilines is 1. The first-order chi connectivity index (χ1) is 18.8. The van der Waals surface area contributed by atoms with E-state index in [9.17, 15) is 18.0 Å². The maximum absolute atomic E-state index is 14.0. The highest BCUT2D eigenvalue weighted by Crippen LogP contribution is 2.29. The third kappa shape index (κ3) is 7.73. The molecule has 9 heteroatoms. The van der Waals surface area contributed by atoms with E-state index in [2.05, 4.69) is 21.2 Å². The van der Waals surface area contributed by atoms with Gasteiger partial charge < -0.3 is 10.2 Å². The maximum Gasteiger partial charge on any atom is 0.264 e. The van der Waals surface area contributed by atoms with Gasteiger partial charge in [0.1, 0.15) is 12.6 Å². The quantitative estimate of drug-likeness (QED) is 0.293. The Morgan fingerprint density at radius 1 is 0.900 bits per heavy atom. The molecule has 2 amide bonds. The molecule has 0 aromatic heterocycles. The molecule has 0 bridgehead atoms. The molecule has 0 fully saturated rings. The number of hydrogen-bond donors (Lipinski definition) is 1.